The zero-order valence-electron chi connectivity index (χ0n) is 17.2. The summed E-state index contributed by atoms with van der Waals surface area (Å²) in [5.74, 6) is -0.429. The first-order valence-corrected chi connectivity index (χ1v) is 10.3. The van der Waals surface area contributed by atoms with Crippen LogP contribution in [-0.4, -0.2) is 55.5 Å². The second-order valence-corrected chi connectivity index (χ2v) is 7.81. The molecule has 0 radical (unpaired) electrons. The van der Waals surface area contributed by atoms with Crippen molar-refractivity contribution in [1.82, 2.24) is 4.98 Å². The lowest BCUT2D eigenvalue weighted by atomic mass is 9.99. The quantitative estimate of drug-likeness (QED) is 0.520. The molecule has 2 aromatic rings. The Labute approximate surface area is 182 Å². The second kappa shape index (κ2) is 7.77. The Bertz CT molecular complexity index is 1110. The van der Waals surface area contributed by atoms with Gasteiger partial charge in [0.05, 0.1) is 25.4 Å². The Morgan fingerprint density at radius 2 is 2.12 bits per heavy atom. The molecule has 0 aliphatic carbocycles. The zero-order chi connectivity index (χ0) is 22.4. The summed E-state index contributed by atoms with van der Waals surface area (Å²) >= 11 is 0. The van der Waals surface area contributed by atoms with Crippen LogP contribution in [0.4, 0.5) is 25.5 Å². The minimum atomic E-state index is -0.542. The number of benzene rings is 1. The van der Waals surface area contributed by atoms with Gasteiger partial charge in [0.15, 0.2) is 0 Å². The summed E-state index contributed by atoms with van der Waals surface area (Å²) in [5.41, 5.74) is 2.20. The van der Waals surface area contributed by atoms with E-state index in [1.807, 2.05) is 0 Å². The largest absolute Gasteiger partial charge is 0.469 e. The molecule has 1 aromatic heterocycles. The van der Waals surface area contributed by atoms with Gasteiger partial charge in [0.1, 0.15) is 24.3 Å². The molecule has 0 N–H and O–H groups in total. The van der Waals surface area contributed by atoms with Crippen LogP contribution in [0.15, 0.2) is 30.5 Å². The number of hydrogen-bond acceptors (Lipinski definition) is 7. The molecular formula is C22H20FN3O6. The first kappa shape index (κ1) is 20.2. The number of ether oxygens (including phenoxy) is 3. The Morgan fingerprint density at radius 3 is 2.81 bits per heavy atom. The van der Waals surface area contributed by atoms with E-state index in [0.717, 1.165) is 5.56 Å². The lowest BCUT2D eigenvalue weighted by molar-refractivity contribution is -0.141. The third-order valence-corrected chi connectivity index (χ3v) is 6.02. The average Bonchev–Trinajstić information content (AvgIpc) is 3.46. The van der Waals surface area contributed by atoms with Crippen molar-refractivity contribution in [1.29, 1.82) is 0 Å². The van der Waals surface area contributed by atoms with Gasteiger partial charge in [-0.25, -0.2) is 19.0 Å². The summed E-state index contributed by atoms with van der Waals surface area (Å²) in [6, 6.07) is 6.10. The molecule has 2 atom stereocenters. The van der Waals surface area contributed by atoms with Crippen molar-refractivity contribution in [3.63, 3.8) is 0 Å². The number of hydrogen-bond donors (Lipinski definition) is 0. The number of anilines is 2. The van der Waals surface area contributed by atoms with E-state index < -0.39 is 24.1 Å². The van der Waals surface area contributed by atoms with E-state index in [4.69, 9.17) is 9.47 Å². The highest BCUT2D eigenvalue weighted by molar-refractivity contribution is 5.94. The van der Waals surface area contributed by atoms with E-state index in [9.17, 15) is 14.4 Å². The van der Waals surface area contributed by atoms with Gasteiger partial charge >= 0.3 is 18.2 Å². The summed E-state index contributed by atoms with van der Waals surface area (Å²) in [5, 5.41) is 0. The fraction of sp³-hybridized carbons (Fsp3) is 0.364. The lowest BCUT2D eigenvalue weighted by Gasteiger charge is -2.16. The topological polar surface area (TPSA) is 98.3 Å². The van der Waals surface area contributed by atoms with E-state index in [0.29, 0.717) is 48.6 Å². The number of fused-ring (bicyclic) bond motifs is 3. The predicted octanol–water partition coefficient (Wildman–Crippen LogP) is 3.05. The van der Waals surface area contributed by atoms with Crippen molar-refractivity contribution in [2.45, 2.75) is 31.4 Å². The van der Waals surface area contributed by atoms with Gasteiger partial charge in [0.2, 0.25) is 0 Å². The highest BCUT2D eigenvalue weighted by Crippen LogP contribution is 2.42. The smallest absolute Gasteiger partial charge is 0.415 e. The van der Waals surface area contributed by atoms with Gasteiger partial charge in [0.25, 0.3) is 0 Å². The third-order valence-electron chi connectivity index (χ3n) is 6.02. The maximum Gasteiger partial charge on any atom is 0.415 e. The standard InChI is InChI=1S/C22H20FN3O6/c1-30-20(27)5-3-18-17-9-13-8-14(15(23)10-16(13)26(17)22(29)32-18)12-2-4-19(24-11-12)25-6-7-31-21(25)28/h2,4,8,10-11,17-18H,3,5-7,9H2,1H3/t17-,18-/m0/s1. The molecule has 0 unspecified atom stereocenters. The van der Waals surface area contributed by atoms with E-state index in [1.54, 1.807) is 18.2 Å². The SMILES string of the molecule is COC(=O)CC[C@@H]1OC(=O)N2c3cc(F)c(-c4ccc(N5CCOC5=O)nc4)cc3C[C@@H]12. The van der Waals surface area contributed by atoms with Crippen LogP contribution >= 0.6 is 0 Å². The lowest BCUT2D eigenvalue weighted by Crippen LogP contribution is -2.33. The van der Waals surface area contributed by atoms with E-state index in [2.05, 4.69) is 9.72 Å². The molecule has 4 heterocycles. The van der Waals surface area contributed by atoms with Crippen LogP contribution < -0.4 is 9.80 Å². The van der Waals surface area contributed by atoms with Crippen LogP contribution in [0.2, 0.25) is 0 Å². The van der Waals surface area contributed by atoms with Crippen molar-refractivity contribution >= 4 is 29.7 Å². The number of pyridine rings is 1. The van der Waals surface area contributed by atoms with Crippen LogP contribution in [-0.2, 0) is 25.4 Å². The molecule has 3 aliphatic heterocycles. The number of esters is 1. The summed E-state index contributed by atoms with van der Waals surface area (Å²) in [7, 11) is 1.31. The maximum absolute atomic E-state index is 15.0. The van der Waals surface area contributed by atoms with Crippen LogP contribution in [0.3, 0.4) is 0 Å². The summed E-state index contributed by atoms with van der Waals surface area (Å²) in [6.45, 7) is 0.727. The van der Waals surface area contributed by atoms with Crippen molar-refractivity contribution in [3.8, 4) is 11.1 Å². The van der Waals surface area contributed by atoms with Gasteiger partial charge in [-0.2, -0.15) is 0 Å². The zero-order valence-corrected chi connectivity index (χ0v) is 17.2. The molecule has 3 aliphatic rings. The van der Waals surface area contributed by atoms with E-state index in [-0.39, 0.29) is 18.4 Å². The molecular weight excluding hydrogens is 421 g/mol. The van der Waals surface area contributed by atoms with Gasteiger partial charge in [-0.05, 0) is 42.7 Å². The molecule has 1 aromatic carbocycles. The van der Waals surface area contributed by atoms with Crippen LogP contribution in [0, 0.1) is 5.82 Å². The molecule has 32 heavy (non-hydrogen) atoms. The number of amides is 2. The van der Waals surface area contributed by atoms with Crippen LogP contribution in [0.5, 0.6) is 0 Å². The Morgan fingerprint density at radius 1 is 1.28 bits per heavy atom. The maximum atomic E-state index is 15.0. The van der Waals surface area contributed by atoms with E-state index in [1.165, 1.54) is 29.2 Å². The monoisotopic (exact) mass is 441 g/mol. The number of halogens is 1. The van der Waals surface area contributed by atoms with Crippen molar-refractivity contribution in [2.24, 2.45) is 0 Å². The van der Waals surface area contributed by atoms with Gasteiger partial charge in [-0.15, -0.1) is 0 Å². The molecule has 2 fully saturated rings. The average molecular weight is 441 g/mol. The van der Waals surface area contributed by atoms with Crippen molar-refractivity contribution in [2.75, 3.05) is 30.1 Å². The number of cyclic esters (lactones) is 2. The number of methoxy groups -OCH3 is 1. The molecule has 166 valence electrons. The number of aromatic nitrogens is 1. The highest BCUT2D eigenvalue weighted by atomic mass is 19.1. The van der Waals surface area contributed by atoms with Gasteiger partial charge in [-0.3, -0.25) is 14.6 Å². The summed E-state index contributed by atoms with van der Waals surface area (Å²) in [6.07, 6.45) is 1.01. The Hall–Kier alpha value is -3.69. The number of carbonyl (C=O) groups is 3. The molecule has 0 bridgehead atoms. The Balaban J connectivity index is 1.39. The molecule has 0 saturated carbocycles. The fourth-order valence-corrected chi connectivity index (χ4v) is 4.43. The molecule has 5 rings (SSSR count). The van der Waals surface area contributed by atoms with Gasteiger partial charge < -0.3 is 14.2 Å². The number of rotatable bonds is 5. The number of carbonyl (C=O) groups excluding carboxylic acids is 3. The Kier molecular flexibility index (Phi) is 4.91. The highest BCUT2D eigenvalue weighted by Gasteiger charge is 2.47. The van der Waals surface area contributed by atoms with Gasteiger partial charge in [-0.1, -0.05) is 0 Å². The molecule has 2 saturated heterocycles. The molecule has 0 spiro atoms. The van der Waals surface area contributed by atoms with E-state index >= 15 is 4.39 Å². The number of nitrogens with zero attached hydrogens (tertiary/aromatic N) is 3. The van der Waals surface area contributed by atoms with Crippen LogP contribution in [0.25, 0.3) is 11.1 Å². The third kappa shape index (κ3) is 3.31. The summed E-state index contributed by atoms with van der Waals surface area (Å²) < 4.78 is 30.0. The van der Waals surface area contributed by atoms with Gasteiger partial charge in [0, 0.05) is 23.7 Å². The minimum Gasteiger partial charge on any atom is -0.469 e. The molecule has 2 amide bonds. The first-order chi connectivity index (χ1) is 15.5. The fourth-order valence-electron chi connectivity index (χ4n) is 4.43. The normalized spacial score (nSPS) is 21.3. The second-order valence-electron chi connectivity index (χ2n) is 7.81. The summed E-state index contributed by atoms with van der Waals surface area (Å²) in [4.78, 5) is 42.7. The first-order valence-electron chi connectivity index (χ1n) is 10.3. The minimum absolute atomic E-state index is 0.136. The predicted molar refractivity (Wildman–Crippen MR) is 110 cm³/mol. The van der Waals surface area contributed by atoms with Crippen molar-refractivity contribution in [3.05, 3.63) is 41.8 Å². The molecule has 9 nitrogen and oxygen atoms in total. The van der Waals surface area contributed by atoms with Crippen LogP contribution in [0.1, 0.15) is 18.4 Å². The molecule has 10 heteroatoms. The van der Waals surface area contributed by atoms with Crippen molar-refractivity contribution < 1.29 is 33.0 Å².